The first-order valence-electron chi connectivity index (χ1n) is 4.09. The van der Waals surface area contributed by atoms with Crippen molar-refractivity contribution in [2.45, 2.75) is 6.42 Å². The van der Waals surface area contributed by atoms with Crippen molar-refractivity contribution in [3.63, 3.8) is 0 Å². The molecular weight excluding hydrogens is 202 g/mol. The van der Waals surface area contributed by atoms with Gasteiger partial charge in [-0.05, 0) is 11.1 Å². The number of halogens is 1. The predicted molar refractivity (Wildman–Crippen MR) is 55.6 cm³/mol. The largest absolute Gasteiger partial charge is 0.462 e. The van der Waals surface area contributed by atoms with Crippen molar-refractivity contribution in [3.05, 3.63) is 35.7 Å². The Hall–Kier alpha value is -1.35. The fourth-order valence-corrected chi connectivity index (χ4v) is 1.46. The fraction of sp³-hybridized carbons (Fsp3) is 0.200. The summed E-state index contributed by atoms with van der Waals surface area (Å²) in [7, 11) is 0. The number of hydrogen-bond donors (Lipinski definition) is 0. The zero-order valence-corrected chi connectivity index (χ0v) is 8.34. The SMILES string of the molecule is C=Cc1cncc2c1CCOC2=O.Cl. The third-order valence-corrected chi connectivity index (χ3v) is 2.12. The van der Waals surface area contributed by atoms with Crippen molar-refractivity contribution in [2.24, 2.45) is 0 Å². The molecule has 1 aromatic rings. The van der Waals surface area contributed by atoms with Gasteiger partial charge in [-0.2, -0.15) is 0 Å². The highest BCUT2D eigenvalue weighted by atomic mass is 35.5. The molecule has 74 valence electrons. The summed E-state index contributed by atoms with van der Waals surface area (Å²) >= 11 is 0. The van der Waals surface area contributed by atoms with Gasteiger partial charge < -0.3 is 4.74 Å². The van der Waals surface area contributed by atoms with Gasteiger partial charge in [0, 0.05) is 18.8 Å². The lowest BCUT2D eigenvalue weighted by molar-refractivity contribution is 0.0479. The van der Waals surface area contributed by atoms with Crippen LogP contribution in [0.5, 0.6) is 0 Å². The van der Waals surface area contributed by atoms with Gasteiger partial charge in [0.25, 0.3) is 0 Å². The van der Waals surface area contributed by atoms with E-state index >= 15 is 0 Å². The molecule has 0 atom stereocenters. The minimum absolute atomic E-state index is 0. The predicted octanol–water partition coefficient (Wildman–Crippen LogP) is 1.86. The lowest BCUT2D eigenvalue weighted by atomic mass is 10.00. The zero-order valence-electron chi connectivity index (χ0n) is 7.53. The maximum atomic E-state index is 11.3. The Kier molecular flexibility index (Phi) is 3.25. The van der Waals surface area contributed by atoms with Crippen molar-refractivity contribution in [1.82, 2.24) is 4.98 Å². The molecular formula is C10H10ClNO2. The molecule has 0 N–H and O–H groups in total. The molecule has 2 heterocycles. The van der Waals surface area contributed by atoms with Gasteiger partial charge in [0.15, 0.2) is 0 Å². The van der Waals surface area contributed by atoms with E-state index in [9.17, 15) is 4.79 Å². The molecule has 1 aliphatic heterocycles. The van der Waals surface area contributed by atoms with Gasteiger partial charge in [-0.15, -0.1) is 12.4 Å². The highest BCUT2D eigenvalue weighted by Gasteiger charge is 2.20. The van der Waals surface area contributed by atoms with E-state index in [0.717, 1.165) is 17.5 Å². The summed E-state index contributed by atoms with van der Waals surface area (Å²) in [5.41, 5.74) is 2.50. The average molecular weight is 212 g/mol. The van der Waals surface area contributed by atoms with E-state index in [1.807, 2.05) is 0 Å². The topological polar surface area (TPSA) is 39.2 Å². The molecule has 1 aromatic heterocycles. The van der Waals surface area contributed by atoms with Crippen molar-refractivity contribution in [2.75, 3.05) is 6.61 Å². The molecule has 4 heteroatoms. The first kappa shape index (κ1) is 10.7. The first-order valence-corrected chi connectivity index (χ1v) is 4.09. The van der Waals surface area contributed by atoms with Crippen LogP contribution in [-0.4, -0.2) is 17.6 Å². The maximum Gasteiger partial charge on any atom is 0.340 e. The number of fused-ring (bicyclic) bond motifs is 1. The van der Waals surface area contributed by atoms with Crippen LogP contribution in [-0.2, 0) is 11.2 Å². The first-order chi connectivity index (χ1) is 6.33. The molecule has 0 saturated heterocycles. The van der Waals surface area contributed by atoms with Crippen LogP contribution in [0.4, 0.5) is 0 Å². The third-order valence-electron chi connectivity index (χ3n) is 2.12. The number of aromatic nitrogens is 1. The van der Waals surface area contributed by atoms with Gasteiger partial charge in [-0.25, -0.2) is 4.79 Å². The summed E-state index contributed by atoms with van der Waals surface area (Å²) in [4.78, 5) is 15.2. The lowest BCUT2D eigenvalue weighted by Crippen LogP contribution is -2.18. The summed E-state index contributed by atoms with van der Waals surface area (Å²) < 4.78 is 4.89. The standard InChI is InChI=1S/C10H9NO2.ClH/c1-2-7-5-11-6-9-8(7)3-4-13-10(9)12;/h2,5-6H,1,3-4H2;1H. The second kappa shape index (κ2) is 4.24. The Morgan fingerprint density at radius 2 is 2.29 bits per heavy atom. The number of cyclic esters (lactones) is 1. The van der Waals surface area contributed by atoms with E-state index in [0.29, 0.717) is 12.2 Å². The van der Waals surface area contributed by atoms with Gasteiger partial charge in [0.05, 0.1) is 12.2 Å². The van der Waals surface area contributed by atoms with Crippen molar-refractivity contribution in [3.8, 4) is 0 Å². The van der Waals surface area contributed by atoms with Gasteiger partial charge in [0.2, 0.25) is 0 Å². The molecule has 0 unspecified atom stereocenters. The molecule has 0 fully saturated rings. The number of carbonyl (C=O) groups is 1. The molecule has 2 rings (SSSR count). The van der Waals surface area contributed by atoms with E-state index in [1.165, 1.54) is 0 Å². The summed E-state index contributed by atoms with van der Waals surface area (Å²) in [6.45, 7) is 4.13. The Bertz CT molecular complexity index is 376. The highest BCUT2D eigenvalue weighted by Crippen LogP contribution is 2.20. The Morgan fingerprint density at radius 1 is 1.50 bits per heavy atom. The molecule has 14 heavy (non-hydrogen) atoms. The maximum absolute atomic E-state index is 11.3. The molecule has 0 bridgehead atoms. The Morgan fingerprint density at radius 3 is 3.00 bits per heavy atom. The molecule has 0 aromatic carbocycles. The van der Waals surface area contributed by atoms with Gasteiger partial charge in [-0.1, -0.05) is 12.7 Å². The third kappa shape index (κ3) is 1.63. The van der Waals surface area contributed by atoms with Crippen LogP contribution in [0, 0.1) is 0 Å². The van der Waals surface area contributed by atoms with Crippen molar-refractivity contribution < 1.29 is 9.53 Å². The van der Waals surface area contributed by atoms with Crippen LogP contribution in [0.1, 0.15) is 21.5 Å². The highest BCUT2D eigenvalue weighted by molar-refractivity contribution is 5.92. The van der Waals surface area contributed by atoms with E-state index in [4.69, 9.17) is 4.74 Å². The van der Waals surface area contributed by atoms with E-state index in [2.05, 4.69) is 11.6 Å². The number of esters is 1. The van der Waals surface area contributed by atoms with Crippen LogP contribution in [0.15, 0.2) is 19.0 Å². The average Bonchev–Trinajstić information content (AvgIpc) is 2.18. The molecule has 3 nitrogen and oxygen atoms in total. The lowest BCUT2D eigenvalue weighted by Gasteiger charge is -2.16. The quantitative estimate of drug-likeness (QED) is 0.666. The van der Waals surface area contributed by atoms with Gasteiger partial charge >= 0.3 is 5.97 Å². The van der Waals surface area contributed by atoms with Crippen LogP contribution in [0.25, 0.3) is 6.08 Å². The summed E-state index contributed by atoms with van der Waals surface area (Å²) in [6, 6.07) is 0. The Balaban J connectivity index is 0.000000980. The number of nitrogens with zero attached hydrogens (tertiary/aromatic N) is 1. The molecule has 0 aliphatic carbocycles. The second-order valence-corrected chi connectivity index (χ2v) is 2.84. The van der Waals surface area contributed by atoms with Gasteiger partial charge in [0.1, 0.15) is 0 Å². The van der Waals surface area contributed by atoms with Crippen LogP contribution >= 0.6 is 12.4 Å². The molecule has 1 aliphatic rings. The van der Waals surface area contributed by atoms with Crippen LogP contribution in [0.2, 0.25) is 0 Å². The number of pyridine rings is 1. The molecule has 0 amide bonds. The number of carbonyl (C=O) groups excluding carboxylic acids is 1. The zero-order chi connectivity index (χ0) is 9.26. The van der Waals surface area contributed by atoms with Crippen molar-refractivity contribution >= 4 is 24.5 Å². The second-order valence-electron chi connectivity index (χ2n) is 2.84. The van der Waals surface area contributed by atoms with Crippen LogP contribution < -0.4 is 0 Å². The summed E-state index contributed by atoms with van der Waals surface area (Å²) in [6.07, 6.45) is 5.73. The molecule has 0 saturated carbocycles. The van der Waals surface area contributed by atoms with E-state index < -0.39 is 0 Å². The summed E-state index contributed by atoms with van der Waals surface area (Å²) in [5.74, 6) is -0.280. The van der Waals surface area contributed by atoms with Crippen molar-refractivity contribution in [1.29, 1.82) is 0 Å². The van der Waals surface area contributed by atoms with Crippen LogP contribution in [0.3, 0.4) is 0 Å². The number of hydrogen-bond acceptors (Lipinski definition) is 3. The van der Waals surface area contributed by atoms with Gasteiger partial charge in [-0.3, -0.25) is 4.98 Å². The Labute approximate surface area is 88.2 Å². The molecule has 0 spiro atoms. The fourth-order valence-electron chi connectivity index (χ4n) is 1.46. The minimum atomic E-state index is -0.280. The van der Waals surface area contributed by atoms with E-state index in [-0.39, 0.29) is 18.4 Å². The molecule has 0 radical (unpaired) electrons. The normalized spacial score (nSPS) is 13.6. The smallest absolute Gasteiger partial charge is 0.340 e. The minimum Gasteiger partial charge on any atom is -0.462 e. The van der Waals surface area contributed by atoms with E-state index in [1.54, 1.807) is 18.5 Å². The monoisotopic (exact) mass is 211 g/mol. The number of rotatable bonds is 1. The summed E-state index contributed by atoms with van der Waals surface area (Å²) in [5, 5.41) is 0. The number of ether oxygens (including phenoxy) is 1.